The zero-order chi connectivity index (χ0) is 10.7. The third kappa shape index (κ3) is 2.69. The van der Waals surface area contributed by atoms with Gasteiger partial charge in [-0.05, 0) is 32.2 Å². The van der Waals surface area contributed by atoms with Crippen LogP contribution >= 0.6 is 0 Å². The maximum Gasteiger partial charge on any atom is 0.321 e. The summed E-state index contributed by atoms with van der Waals surface area (Å²) in [5, 5.41) is 18.3. The van der Waals surface area contributed by atoms with Gasteiger partial charge in [0.15, 0.2) is 0 Å². The van der Waals surface area contributed by atoms with E-state index in [0.717, 1.165) is 19.4 Å². The Bertz CT molecular complexity index is 206. The van der Waals surface area contributed by atoms with E-state index in [2.05, 4.69) is 0 Å². The lowest BCUT2D eigenvalue weighted by Gasteiger charge is -2.37. The number of aliphatic carboxylic acids is 1. The quantitative estimate of drug-likeness (QED) is 0.700. The zero-order valence-corrected chi connectivity index (χ0v) is 8.81. The van der Waals surface area contributed by atoms with E-state index >= 15 is 0 Å². The second kappa shape index (κ2) is 4.75. The Morgan fingerprint density at radius 3 is 2.79 bits per heavy atom. The smallest absolute Gasteiger partial charge is 0.321 e. The SMILES string of the molecule is CC(O)CN1CCCC(C)C1C(=O)O. The first-order valence-electron chi connectivity index (χ1n) is 5.17. The molecule has 14 heavy (non-hydrogen) atoms. The summed E-state index contributed by atoms with van der Waals surface area (Å²) in [4.78, 5) is 12.9. The van der Waals surface area contributed by atoms with Crippen LogP contribution in [0, 0.1) is 5.92 Å². The van der Waals surface area contributed by atoms with Crippen molar-refractivity contribution in [1.82, 2.24) is 4.90 Å². The van der Waals surface area contributed by atoms with Crippen LogP contribution in [0.4, 0.5) is 0 Å². The average Bonchev–Trinajstić information content (AvgIpc) is 2.01. The van der Waals surface area contributed by atoms with Crippen LogP contribution in [0.25, 0.3) is 0 Å². The van der Waals surface area contributed by atoms with E-state index in [1.54, 1.807) is 6.92 Å². The maximum absolute atomic E-state index is 11.0. The van der Waals surface area contributed by atoms with E-state index in [1.165, 1.54) is 0 Å². The zero-order valence-electron chi connectivity index (χ0n) is 8.81. The molecule has 1 fully saturated rings. The van der Waals surface area contributed by atoms with Gasteiger partial charge < -0.3 is 10.2 Å². The molecule has 0 amide bonds. The van der Waals surface area contributed by atoms with Gasteiger partial charge >= 0.3 is 5.97 Å². The first kappa shape index (κ1) is 11.5. The highest BCUT2D eigenvalue weighted by Gasteiger charge is 2.34. The van der Waals surface area contributed by atoms with Crippen molar-refractivity contribution >= 4 is 5.97 Å². The molecule has 0 saturated carbocycles. The summed E-state index contributed by atoms with van der Waals surface area (Å²) in [6.07, 6.45) is 1.53. The summed E-state index contributed by atoms with van der Waals surface area (Å²) < 4.78 is 0. The van der Waals surface area contributed by atoms with E-state index in [4.69, 9.17) is 5.11 Å². The van der Waals surface area contributed by atoms with Crippen LogP contribution < -0.4 is 0 Å². The molecule has 0 aliphatic carbocycles. The van der Waals surface area contributed by atoms with Crippen LogP contribution in [0.1, 0.15) is 26.7 Å². The maximum atomic E-state index is 11.0. The molecule has 1 heterocycles. The molecule has 0 aromatic carbocycles. The summed E-state index contributed by atoms with van der Waals surface area (Å²) in [6.45, 7) is 4.90. The third-order valence-electron chi connectivity index (χ3n) is 2.79. The van der Waals surface area contributed by atoms with Gasteiger partial charge in [0.2, 0.25) is 0 Å². The molecule has 1 saturated heterocycles. The number of aliphatic hydroxyl groups excluding tert-OH is 1. The molecule has 0 spiro atoms. The summed E-state index contributed by atoms with van der Waals surface area (Å²) >= 11 is 0. The van der Waals surface area contributed by atoms with E-state index < -0.39 is 18.1 Å². The third-order valence-corrected chi connectivity index (χ3v) is 2.79. The van der Waals surface area contributed by atoms with E-state index in [-0.39, 0.29) is 5.92 Å². The molecule has 0 bridgehead atoms. The molecule has 0 aromatic rings. The Morgan fingerprint density at radius 1 is 1.64 bits per heavy atom. The fourth-order valence-electron chi connectivity index (χ4n) is 2.22. The summed E-state index contributed by atoms with van der Waals surface area (Å²) in [5.41, 5.74) is 0. The van der Waals surface area contributed by atoms with Crippen molar-refractivity contribution in [2.24, 2.45) is 5.92 Å². The van der Waals surface area contributed by atoms with Gasteiger partial charge in [0, 0.05) is 6.54 Å². The lowest BCUT2D eigenvalue weighted by atomic mass is 9.90. The fraction of sp³-hybridized carbons (Fsp3) is 0.900. The number of hydrogen-bond acceptors (Lipinski definition) is 3. The van der Waals surface area contributed by atoms with Crippen LogP contribution in [0.5, 0.6) is 0 Å². The molecule has 3 atom stereocenters. The van der Waals surface area contributed by atoms with Crippen molar-refractivity contribution in [3.8, 4) is 0 Å². The van der Waals surface area contributed by atoms with Gasteiger partial charge in [0.25, 0.3) is 0 Å². The Labute approximate surface area is 84.5 Å². The number of likely N-dealkylation sites (tertiary alicyclic amines) is 1. The Hall–Kier alpha value is -0.610. The Morgan fingerprint density at radius 2 is 2.29 bits per heavy atom. The minimum atomic E-state index is -0.766. The molecular weight excluding hydrogens is 182 g/mol. The topological polar surface area (TPSA) is 60.8 Å². The summed E-state index contributed by atoms with van der Waals surface area (Å²) in [5.74, 6) is -0.585. The fourth-order valence-corrected chi connectivity index (χ4v) is 2.22. The molecule has 1 aliphatic rings. The van der Waals surface area contributed by atoms with Crippen molar-refractivity contribution < 1.29 is 15.0 Å². The first-order valence-corrected chi connectivity index (χ1v) is 5.17. The number of piperidine rings is 1. The minimum absolute atomic E-state index is 0.181. The number of β-amino-alcohol motifs (C(OH)–C–C–N with tert-alkyl or cyclic N) is 1. The van der Waals surface area contributed by atoms with E-state index in [1.807, 2.05) is 11.8 Å². The van der Waals surface area contributed by atoms with Crippen molar-refractivity contribution in [2.75, 3.05) is 13.1 Å². The van der Waals surface area contributed by atoms with Crippen LogP contribution in [0.2, 0.25) is 0 Å². The number of nitrogens with zero attached hydrogens (tertiary/aromatic N) is 1. The van der Waals surface area contributed by atoms with Gasteiger partial charge in [-0.2, -0.15) is 0 Å². The number of carbonyl (C=O) groups is 1. The summed E-state index contributed by atoms with van der Waals surface area (Å²) in [7, 11) is 0. The Balaban J connectivity index is 2.64. The monoisotopic (exact) mass is 201 g/mol. The van der Waals surface area contributed by atoms with Crippen LogP contribution in [0.15, 0.2) is 0 Å². The highest BCUT2D eigenvalue weighted by Crippen LogP contribution is 2.23. The second-order valence-corrected chi connectivity index (χ2v) is 4.25. The predicted octanol–water partition coefficient (Wildman–Crippen LogP) is 0.552. The first-order chi connectivity index (χ1) is 6.52. The molecule has 1 rings (SSSR count). The molecule has 4 heteroatoms. The standard InChI is InChI=1S/C10H19NO3/c1-7-4-3-5-11(6-8(2)12)9(7)10(13)14/h7-9,12H,3-6H2,1-2H3,(H,13,14). The molecule has 3 unspecified atom stereocenters. The molecule has 82 valence electrons. The highest BCUT2D eigenvalue weighted by atomic mass is 16.4. The van der Waals surface area contributed by atoms with Gasteiger partial charge in [-0.25, -0.2) is 0 Å². The number of hydrogen-bond donors (Lipinski definition) is 2. The van der Waals surface area contributed by atoms with Crippen molar-refractivity contribution in [2.45, 2.75) is 38.8 Å². The number of carboxylic acids is 1. The molecule has 2 N–H and O–H groups in total. The highest BCUT2D eigenvalue weighted by molar-refractivity contribution is 5.74. The predicted molar refractivity (Wildman–Crippen MR) is 53.1 cm³/mol. The molecule has 0 aromatic heterocycles. The summed E-state index contributed by atoms with van der Waals surface area (Å²) in [6, 6.07) is -0.418. The molecule has 0 radical (unpaired) electrons. The van der Waals surface area contributed by atoms with Crippen LogP contribution in [0.3, 0.4) is 0 Å². The lowest BCUT2D eigenvalue weighted by Crippen LogP contribution is -2.51. The number of rotatable bonds is 3. The average molecular weight is 201 g/mol. The van der Waals surface area contributed by atoms with Crippen molar-refractivity contribution in [1.29, 1.82) is 0 Å². The number of carboxylic acid groups (broad SMARTS) is 1. The minimum Gasteiger partial charge on any atom is -0.480 e. The largest absolute Gasteiger partial charge is 0.480 e. The van der Waals surface area contributed by atoms with E-state index in [0.29, 0.717) is 6.54 Å². The Kier molecular flexibility index (Phi) is 3.89. The van der Waals surface area contributed by atoms with Gasteiger partial charge in [-0.15, -0.1) is 0 Å². The van der Waals surface area contributed by atoms with E-state index in [9.17, 15) is 9.90 Å². The molecule has 4 nitrogen and oxygen atoms in total. The van der Waals surface area contributed by atoms with Gasteiger partial charge in [-0.3, -0.25) is 9.69 Å². The van der Waals surface area contributed by atoms with Crippen molar-refractivity contribution in [3.05, 3.63) is 0 Å². The van der Waals surface area contributed by atoms with Crippen LogP contribution in [-0.4, -0.2) is 46.3 Å². The normalized spacial score (nSPS) is 31.4. The van der Waals surface area contributed by atoms with Gasteiger partial charge in [0.05, 0.1) is 6.10 Å². The van der Waals surface area contributed by atoms with Crippen LogP contribution in [-0.2, 0) is 4.79 Å². The second-order valence-electron chi connectivity index (χ2n) is 4.25. The lowest BCUT2D eigenvalue weighted by molar-refractivity contribution is -0.147. The van der Waals surface area contributed by atoms with Gasteiger partial charge in [-0.1, -0.05) is 6.92 Å². The van der Waals surface area contributed by atoms with Crippen molar-refractivity contribution in [3.63, 3.8) is 0 Å². The molecular formula is C10H19NO3. The van der Waals surface area contributed by atoms with Gasteiger partial charge in [0.1, 0.15) is 6.04 Å². The number of aliphatic hydroxyl groups is 1. The molecule has 1 aliphatic heterocycles.